The summed E-state index contributed by atoms with van der Waals surface area (Å²) in [5, 5.41) is 3.05. The third kappa shape index (κ3) is 3.07. The summed E-state index contributed by atoms with van der Waals surface area (Å²) in [5.41, 5.74) is 4.30. The first kappa shape index (κ1) is 16.0. The highest BCUT2D eigenvalue weighted by Crippen LogP contribution is 2.34. The van der Waals surface area contributed by atoms with E-state index < -0.39 is 0 Å². The van der Waals surface area contributed by atoms with Gasteiger partial charge in [-0.05, 0) is 42.8 Å². The van der Waals surface area contributed by atoms with Crippen molar-refractivity contribution in [1.82, 2.24) is 4.90 Å². The number of amides is 1. The first-order chi connectivity index (χ1) is 12.1. The summed E-state index contributed by atoms with van der Waals surface area (Å²) in [6.45, 7) is 4.77. The third-order valence-electron chi connectivity index (χ3n) is 4.82. The normalized spacial score (nSPS) is 19.2. The van der Waals surface area contributed by atoms with Crippen LogP contribution in [0.3, 0.4) is 0 Å². The minimum absolute atomic E-state index is 0.0128. The molecule has 0 radical (unpaired) electrons. The molecular formula is C20H22N2O3. The summed E-state index contributed by atoms with van der Waals surface area (Å²) in [7, 11) is 2.05. The van der Waals surface area contributed by atoms with E-state index in [1.165, 1.54) is 11.1 Å². The van der Waals surface area contributed by atoms with Crippen molar-refractivity contribution in [1.29, 1.82) is 0 Å². The Balaban J connectivity index is 1.60. The molecule has 0 aromatic heterocycles. The van der Waals surface area contributed by atoms with Crippen molar-refractivity contribution >= 4 is 11.6 Å². The fourth-order valence-electron chi connectivity index (χ4n) is 3.70. The minimum atomic E-state index is -0.178. The van der Waals surface area contributed by atoms with Gasteiger partial charge >= 0.3 is 0 Å². The number of nitrogens with zero attached hydrogens (tertiary/aromatic N) is 1. The zero-order chi connectivity index (χ0) is 17.4. The second kappa shape index (κ2) is 6.41. The molecule has 1 N–H and O–H groups in total. The average molecular weight is 338 g/mol. The first-order valence-corrected chi connectivity index (χ1v) is 8.59. The lowest BCUT2D eigenvalue weighted by Gasteiger charge is -2.32. The average Bonchev–Trinajstić information content (AvgIpc) is 2.61. The van der Waals surface area contributed by atoms with Gasteiger partial charge in [-0.2, -0.15) is 0 Å². The van der Waals surface area contributed by atoms with Crippen molar-refractivity contribution in [2.24, 2.45) is 0 Å². The minimum Gasteiger partial charge on any atom is -0.486 e. The first-order valence-electron chi connectivity index (χ1n) is 8.59. The van der Waals surface area contributed by atoms with E-state index in [0.29, 0.717) is 25.5 Å². The van der Waals surface area contributed by atoms with Gasteiger partial charge in [0.05, 0.1) is 5.92 Å². The molecule has 2 aliphatic rings. The molecule has 0 aliphatic carbocycles. The molecule has 0 bridgehead atoms. The van der Waals surface area contributed by atoms with E-state index in [9.17, 15) is 4.79 Å². The number of nitrogens with one attached hydrogen (secondary N) is 1. The molecule has 2 aromatic rings. The quantitative estimate of drug-likeness (QED) is 0.915. The van der Waals surface area contributed by atoms with Crippen molar-refractivity contribution in [2.75, 3.05) is 32.1 Å². The van der Waals surface area contributed by atoms with Crippen molar-refractivity contribution < 1.29 is 14.3 Å². The Kier molecular flexibility index (Phi) is 4.09. The smallest absolute Gasteiger partial charge is 0.233 e. The molecule has 25 heavy (non-hydrogen) atoms. The SMILES string of the molecule is Cc1cccc2c1C(C(=O)Nc1ccc3c(c1)OCCO3)CN(C)C2. The lowest BCUT2D eigenvalue weighted by molar-refractivity contribution is -0.118. The summed E-state index contributed by atoms with van der Waals surface area (Å²) in [6.07, 6.45) is 0. The molecule has 4 rings (SSSR count). The predicted molar refractivity (Wildman–Crippen MR) is 96.3 cm³/mol. The number of anilines is 1. The Morgan fingerprint density at radius 1 is 1.16 bits per heavy atom. The predicted octanol–water partition coefficient (Wildman–Crippen LogP) is 2.93. The van der Waals surface area contributed by atoms with Crippen LogP contribution in [0.1, 0.15) is 22.6 Å². The number of carbonyl (C=O) groups is 1. The van der Waals surface area contributed by atoms with Gasteiger partial charge in [0.15, 0.2) is 11.5 Å². The third-order valence-corrected chi connectivity index (χ3v) is 4.82. The second-order valence-electron chi connectivity index (χ2n) is 6.74. The highest BCUT2D eigenvalue weighted by Gasteiger charge is 2.30. The standard InChI is InChI=1S/C20H22N2O3/c1-13-4-3-5-14-11-22(2)12-16(19(13)14)20(23)21-15-6-7-17-18(10-15)25-9-8-24-17/h3-7,10,16H,8-9,11-12H2,1-2H3,(H,21,23). The molecule has 130 valence electrons. The summed E-state index contributed by atoms with van der Waals surface area (Å²) >= 11 is 0. The largest absolute Gasteiger partial charge is 0.486 e. The van der Waals surface area contributed by atoms with Gasteiger partial charge in [-0.15, -0.1) is 0 Å². The summed E-state index contributed by atoms with van der Waals surface area (Å²) in [4.78, 5) is 15.2. The zero-order valence-corrected chi connectivity index (χ0v) is 14.5. The van der Waals surface area contributed by atoms with Crippen LogP contribution in [0, 0.1) is 6.92 Å². The van der Waals surface area contributed by atoms with E-state index in [1.807, 2.05) is 18.2 Å². The van der Waals surface area contributed by atoms with Crippen molar-refractivity contribution in [3.8, 4) is 11.5 Å². The van der Waals surface area contributed by atoms with Crippen LogP contribution in [-0.4, -0.2) is 37.6 Å². The van der Waals surface area contributed by atoms with Gasteiger partial charge in [0, 0.05) is 24.8 Å². The van der Waals surface area contributed by atoms with E-state index in [2.05, 4.69) is 42.4 Å². The molecule has 1 unspecified atom stereocenters. The Morgan fingerprint density at radius 3 is 2.80 bits per heavy atom. The van der Waals surface area contributed by atoms with Gasteiger partial charge in [0.2, 0.25) is 5.91 Å². The molecule has 0 fully saturated rings. The number of hydrogen-bond acceptors (Lipinski definition) is 4. The van der Waals surface area contributed by atoms with E-state index >= 15 is 0 Å². The number of carbonyl (C=O) groups excluding carboxylic acids is 1. The van der Waals surface area contributed by atoms with Gasteiger partial charge in [-0.25, -0.2) is 0 Å². The lowest BCUT2D eigenvalue weighted by Crippen LogP contribution is -2.37. The topological polar surface area (TPSA) is 50.8 Å². The molecule has 0 spiro atoms. The van der Waals surface area contributed by atoms with E-state index in [1.54, 1.807) is 0 Å². The van der Waals surface area contributed by atoms with Gasteiger partial charge in [-0.1, -0.05) is 18.2 Å². The van der Waals surface area contributed by atoms with Gasteiger partial charge in [0.1, 0.15) is 13.2 Å². The maximum Gasteiger partial charge on any atom is 0.233 e. The molecular weight excluding hydrogens is 316 g/mol. The van der Waals surface area contributed by atoms with Crippen LogP contribution in [0.25, 0.3) is 0 Å². The molecule has 0 saturated carbocycles. The fourth-order valence-corrected chi connectivity index (χ4v) is 3.70. The van der Waals surface area contributed by atoms with E-state index in [-0.39, 0.29) is 11.8 Å². The molecule has 1 amide bonds. The Bertz CT molecular complexity index is 819. The summed E-state index contributed by atoms with van der Waals surface area (Å²) in [5.74, 6) is 1.24. The fraction of sp³-hybridized carbons (Fsp3) is 0.350. The second-order valence-corrected chi connectivity index (χ2v) is 6.74. The summed E-state index contributed by atoms with van der Waals surface area (Å²) in [6, 6.07) is 11.8. The molecule has 5 heteroatoms. The number of benzene rings is 2. The Morgan fingerprint density at radius 2 is 1.96 bits per heavy atom. The van der Waals surface area contributed by atoms with Crippen LogP contribution in [0.4, 0.5) is 5.69 Å². The monoisotopic (exact) mass is 338 g/mol. The molecule has 1 atom stereocenters. The molecule has 5 nitrogen and oxygen atoms in total. The highest BCUT2D eigenvalue weighted by molar-refractivity contribution is 5.97. The van der Waals surface area contributed by atoms with E-state index in [4.69, 9.17) is 9.47 Å². The number of aryl methyl sites for hydroxylation is 1. The van der Waals surface area contributed by atoms with Crippen LogP contribution >= 0.6 is 0 Å². The lowest BCUT2D eigenvalue weighted by atomic mass is 9.86. The van der Waals surface area contributed by atoms with Crippen LogP contribution in [0.5, 0.6) is 11.5 Å². The van der Waals surface area contributed by atoms with E-state index in [0.717, 1.165) is 23.5 Å². The number of ether oxygens (including phenoxy) is 2. The number of fused-ring (bicyclic) bond motifs is 2. The molecule has 0 saturated heterocycles. The van der Waals surface area contributed by atoms with Gasteiger partial charge in [0.25, 0.3) is 0 Å². The number of hydrogen-bond donors (Lipinski definition) is 1. The maximum absolute atomic E-state index is 13.0. The van der Waals surface area contributed by atoms with Crippen molar-refractivity contribution in [2.45, 2.75) is 19.4 Å². The molecule has 2 aromatic carbocycles. The maximum atomic E-state index is 13.0. The van der Waals surface area contributed by atoms with Gasteiger partial charge in [-0.3, -0.25) is 4.79 Å². The number of rotatable bonds is 2. The number of likely N-dealkylation sites (N-methyl/N-ethyl adjacent to an activating group) is 1. The van der Waals surface area contributed by atoms with Crippen LogP contribution < -0.4 is 14.8 Å². The Labute approximate surface area is 147 Å². The Hall–Kier alpha value is -2.53. The van der Waals surface area contributed by atoms with Crippen LogP contribution in [-0.2, 0) is 11.3 Å². The van der Waals surface area contributed by atoms with Crippen molar-refractivity contribution in [3.63, 3.8) is 0 Å². The van der Waals surface area contributed by atoms with Gasteiger partial charge < -0.3 is 19.7 Å². The molecule has 2 heterocycles. The van der Waals surface area contributed by atoms with Crippen LogP contribution in [0.2, 0.25) is 0 Å². The molecule has 2 aliphatic heterocycles. The zero-order valence-electron chi connectivity index (χ0n) is 14.5. The highest BCUT2D eigenvalue weighted by atomic mass is 16.6. The summed E-state index contributed by atoms with van der Waals surface area (Å²) < 4.78 is 11.1. The van der Waals surface area contributed by atoms with Crippen LogP contribution in [0.15, 0.2) is 36.4 Å². The van der Waals surface area contributed by atoms with Crippen molar-refractivity contribution in [3.05, 3.63) is 53.1 Å².